The highest BCUT2D eigenvalue weighted by molar-refractivity contribution is 6.06. The topological polar surface area (TPSA) is 103 Å². The van der Waals surface area contributed by atoms with Crippen molar-refractivity contribution in [1.29, 1.82) is 0 Å². The molecule has 35 heavy (non-hydrogen) atoms. The van der Waals surface area contributed by atoms with Crippen LogP contribution in [0.2, 0.25) is 0 Å². The molecule has 0 unspecified atom stereocenters. The molecule has 0 saturated carbocycles. The first-order valence-corrected chi connectivity index (χ1v) is 11.1. The zero-order valence-corrected chi connectivity index (χ0v) is 19.2. The Balaban J connectivity index is 1.63. The Bertz CT molecular complexity index is 1380. The van der Waals surface area contributed by atoms with Gasteiger partial charge >= 0.3 is 0 Å². The molecule has 5 rings (SSSR count). The van der Waals surface area contributed by atoms with Crippen molar-refractivity contribution in [3.8, 4) is 5.75 Å². The lowest BCUT2D eigenvalue weighted by molar-refractivity contribution is -0.384. The number of carbonyl (C=O) groups excluding carboxylic acids is 1. The van der Waals surface area contributed by atoms with Gasteiger partial charge in [-0.05, 0) is 42.7 Å². The average molecular weight is 470 g/mol. The van der Waals surface area contributed by atoms with Crippen molar-refractivity contribution in [2.24, 2.45) is 0 Å². The van der Waals surface area contributed by atoms with Gasteiger partial charge in [0.1, 0.15) is 12.1 Å². The molecule has 176 valence electrons. The third kappa shape index (κ3) is 4.12. The predicted molar refractivity (Wildman–Crippen MR) is 130 cm³/mol. The summed E-state index contributed by atoms with van der Waals surface area (Å²) in [5.74, 6) is 0.766. The highest BCUT2D eigenvalue weighted by Crippen LogP contribution is 2.42. The number of ether oxygens (including phenoxy) is 1. The number of carbonyl (C=O) groups is 1. The fraction of sp³-hybridized carbons (Fsp3) is 0.192. The van der Waals surface area contributed by atoms with E-state index in [2.05, 4.69) is 10.1 Å². The fourth-order valence-electron chi connectivity index (χ4n) is 4.49. The van der Waals surface area contributed by atoms with E-state index in [0.29, 0.717) is 12.4 Å². The Morgan fingerprint density at radius 1 is 1.03 bits per heavy atom. The number of anilines is 1. The standard InChI is InChI=1S/C26H23N5O4/c1-17-6-8-18(9-7-17)23-15-24(19-10-12-22(35-2)13-11-19)30-26(27-16-28-30)29(23)25(32)20-4-3-5-21(14-20)31(33)34/h3-14,16,23-24H,15H2,1-2H3/t23-,24+/m0/s1. The summed E-state index contributed by atoms with van der Waals surface area (Å²) in [6.45, 7) is 2.01. The van der Waals surface area contributed by atoms with Crippen LogP contribution in [0, 0.1) is 17.0 Å². The predicted octanol–water partition coefficient (Wildman–Crippen LogP) is 4.88. The minimum absolute atomic E-state index is 0.141. The molecule has 0 saturated heterocycles. The molecule has 0 fully saturated rings. The van der Waals surface area contributed by atoms with Crippen LogP contribution in [-0.2, 0) is 0 Å². The number of hydrogen-bond acceptors (Lipinski definition) is 6. The van der Waals surface area contributed by atoms with Crippen LogP contribution in [0.1, 0.15) is 45.6 Å². The van der Waals surface area contributed by atoms with E-state index in [-0.39, 0.29) is 29.2 Å². The lowest BCUT2D eigenvalue weighted by Crippen LogP contribution is -2.42. The number of aromatic nitrogens is 3. The van der Waals surface area contributed by atoms with Gasteiger partial charge in [0.05, 0.1) is 24.1 Å². The van der Waals surface area contributed by atoms with Gasteiger partial charge in [-0.15, -0.1) is 0 Å². The van der Waals surface area contributed by atoms with E-state index in [1.165, 1.54) is 24.5 Å². The number of hydrogen-bond donors (Lipinski definition) is 0. The minimum atomic E-state index is -0.507. The second-order valence-corrected chi connectivity index (χ2v) is 8.44. The van der Waals surface area contributed by atoms with Crippen molar-refractivity contribution in [3.63, 3.8) is 0 Å². The molecule has 1 aliphatic heterocycles. The molecule has 0 spiro atoms. The zero-order chi connectivity index (χ0) is 24.5. The van der Waals surface area contributed by atoms with E-state index in [0.717, 1.165) is 22.4 Å². The van der Waals surface area contributed by atoms with Gasteiger partial charge in [-0.2, -0.15) is 10.1 Å². The van der Waals surface area contributed by atoms with Gasteiger partial charge in [-0.1, -0.05) is 48.0 Å². The molecule has 9 nitrogen and oxygen atoms in total. The molecule has 1 aliphatic rings. The van der Waals surface area contributed by atoms with Crippen LogP contribution in [0.3, 0.4) is 0 Å². The summed E-state index contributed by atoms with van der Waals surface area (Å²) in [5, 5.41) is 15.8. The van der Waals surface area contributed by atoms with Gasteiger partial charge in [0.15, 0.2) is 0 Å². The lowest BCUT2D eigenvalue weighted by Gasteiger charge is -2.39. The first-order valence-electron chi connectivity index (χ1n) is 11.1. The summed E-state index contributed by atoms with van der Waals surface area (Å²) in [6.07, 6.45) is 1.98. The molecule has 2 atom stereocenters. The number of methoxy groups -OCH3 is 1. The molecule has 3 aromatic carbocycles. The molecule has 9 heteroatoms. The number of aryl methyl sites for hydroxylation is 1. The van der Waals surface area contributed by atoms with Crippen LogP contribution in [0.5, 0.6) is 5.75 Å². The molecule has 0 N–H and O–H groups in total. The Morgan fingerprint density at radius 3 is 2.40 bits per heavy atom. The van der Waals surface area contributed by atoms with E-state index in [1.807, 2.05) is 55.5 Å². The van der Waals surface area contributed by atoms with E-state index in [4.69, 9.17) is 4.74 Å². The maximum absolute atomic E-state index is 13.8. The van der Waals surface area contributed by atoms with E-state index in [9.17, 15) is 14.9 Å². The first kappa shape index (κ1) is 22.3. The normalized spacial score (nSPS) is 17.0. The maximum atomic E-state index is 13.8. The fourth-order valence-corrected chi connectivity index (χ4v) is 4.49. The zero-order valence-electron chi connectivity index (χ0n) is 19.2. The van der Waals surface area contributed by atoms with Crippen molar-refractivity contribution in [1.82, 2.24) is 14.8 Å². The van der Waals surface area contributed by atoms with Crippen LogP contribution in [-0.4, -0.2) is 32.7 Å². The number of rotatable bonds is 5. The van der Waals surface area contributed by atoms with Gasteiger partial charge in [0.2, 0.25) is 5.95 Å². The van der Waals surface area contributed by atoms with Crippen LogP contribution >= 0.6 is 0 Å². The Kier molecular flexibility index (Phi) is 5.74. The number of nitro groups is 1. The Labute approximate surface area is 201 Å². The van der Waals surface area contributed by atoms with E-state index >= 15 is 0 Å². The summed E-state index contributed by atoms with van der Waals surface area (Å²) < 4.78 is 7.04. The van der Waals surface area contributed by atoms with Crippen molar-refractivity contribution >= 4 is 17.5 Å². The molecule has 1 aromatic heterocycles. The third-order valence-corrected chi connectivity index (χ3v) is 6.31. The molecule has 1 amide bonds. The molecule has 0 aliphatic carbocycles. The Morgan fingerprint density at radius 2 is 1.71 bits per heavy atom. The van der Waals surface area contributed by atoms with Crippen LogP contribution in [0.4, 0.5) is 11.6 Å². The van der Waals surface area contributed by atoms with Crippen molar-refractivity contribution in [2.45, 2.75) is 25.4 Å². The van der Waals surface area contributed by atoms with Gasteiger partial charge in [-0.3, -0.25) is 19.8 Å². The van der Waals surface area contributed by atoms with Crippen molar-refractivity contribution in [3.05, 3.63) is 111 Å². The van der Waals surface area contributed by atoms with Crippen LogP contribution in [0.15, 0.2) is 79.1 Å². The van der Waals surface area contributed by atoms with E-state index < -0.39 is 4.92 Å². The number of nitrogens with zero attached hydrogens (tertiary/aromatic N) is 5. The van der Waals surface area contributed by atoms with Crippen molar-refractivity contribution in [2.75, 3.05) is 12.0 Å². The highest BCUT2D eigenvalue weighted by atomic mass is 16.6. The Hall–Kier alpha value is -4.53. The van der Waals surface area contributed by atoms with Crippen LogP contribution in [0.25, 0.3) is 0 Å². The summed E-state index contributed by atoms with van der Waals surface area (Å²) in [5.41, 5.74) is 3.14. The molecular formula is C26H23N5O4. The molecule has 2 heterocycles. The molecule has 4 aromatic rings. The molecule has 0 bridgehead atoms. The SMILES string of the molecule is COc1ccc([C@H]2C[C@@H](c3ccc(C)cc3)N(C(=O)c3cccc([N+](=O)[O-])c3)c3ncnn32)cc1. The highest BCUT2D eigenvalue weighted by Gasteiger charge is 2.40. The lowest BCUT2D eigenvalue weighted by atomic mass is 9.91. The minimum Gasteiger partial charge on any atom is -0.497 e. The number of benzene rings is 3. The summed E-state index contributed by atoms with van der Waals surface area (Å²) in [7, 11) is 1.62. The van der Waals surface area contributed by atoms with Crippen molar-refractivity contribution < 1.29 is 14.5 Å². The first-order chi connectivity index (χ1) is 17.0. The summed E-state index contributed by atoms with van der Waals surface area (Å²) >= 11 is 0. The number of nitro benzene ring substituents is 1. The molecule has 0 radical (unpaired) electrons. The van der Waals surface area contributed by atoms with Crippen LogP contribution < -0.4 is 9.64 Å². The average Bonchev–Trinajstić information content (AvgIpc) is 3.38. The second-order valence-electron chi connectivity index (χ2n) is 8.44. The number of fused-ring (bicyclic) bond motifs is 1. The van der Waals surface area contributed by atoms with E-state index in [1.54, 1.807) is 22.8 Å². The monoisotopic (exact) mass is 469 g/mol. The van der Waals surface area contributed by atoms with Gasteiger partial charge < -0.3 is 4.74 Å². The summed E-state index contributed by atoms with van der Waals surface area (Å²) in [6, 6.07) is 21.0. The summed E-state index contributed by atoms with van der Waals surface area (Å²) in [4.78, 5) is 30.7. The molecular weight excluding hydrogens is 446 g/mol. The quantitative estimate of drug-likeness (QED) is 0.305. The number of non-ortho nitro benzene ring substituents is 1. The third-order valence-electron chi connectivity index (χ3n) is 6.31. The smallest absolute Gasteiger partial charge is 0.270 e. The largest absolute Gasteiger partial charge is 0.497 e. The van der Waals surface area contributed by atoms with Gasteiger partial charge in [0.25, 0.3) is 11.6 Å². The van der Waals surface area contributed by atoms with Gasteiger partial charge in [-0.25, -0.2) is 4.68 Å². The maximum Gasteiger partial charge on any atom is 0.270 e. The van der Waals surface area contributed by atoms with Gasteiger partial charge in [0, 0.05) is 17.7 Å². The number of amides is 1. The second kappa shape index (κ2) is 9.02.